The van der Waals surface area contributed by atoms with Crippen molar-refractivity contribution in [3.8, 4) is 0 Å². The molecule has 2 aromatic heterocycles. The number of hydrogen-bond acceptors (Lipinski definition) is 8. The highest BCUT2D eigenvalue weighted by Gasteiger charge is 2.30. The quantitative estimate of drug-likeness (QED) is 0.877. The van der Waals surface area contributed by atoms with Crippen molar-refractivity contribution in [2.45, 2.75) is 25.7 Å². The average Bonchev–Trinajstić information content (AvgIpc) is 2.85. The van der Waals surface area contributed by atoms with Gasteiger partial charge in [0.05, 0.1) is 0 Å². The SMILES string of the molecule is Nc1nnc(CC2CC(Cc3nnc(N)s3)C2)s1. The first-order chi connectivity index (χ1) is 8.69. The van der Waals surface area contributed by atoms with Crippen molar-refractivity contribution in [1.29, 1.82) is 0 Å². The second kappa shape index (κ2) is 4.77. The number of nitrogens with two attached hydrogens (primary N) is 2. The van der Waals surface area contributed by atoms with Gasteiger partial charge in [0.25, 0.3) is 0 Å². The van der Waals surface area contributed by atoms with Crippen molar-refractivity contribution in [2.75, 3.05) is 11.5 Å². The molecule has 6 nitrogen and oxygen atoms in total. The summed E-state index contributed by atoms with van der Waals surface area (Å²) in [6.45, 7) is 0. The number of nitrogen functional groups attached to an aromatic ring is 2. The second-order valence-electron chi connectivity index (χ2n) is 4.68. The number of rotatable bonds is 4. The van der Waals surface area contributed by atoms with E-state index in [-0.39, 0.29) is 0 Å². The van der Waals surface area contributed by atoms with E-state index >= 15 is 0 Å². The zero-order valence-electron chi connectivity index (χ0n) is 9.74. The molecule has 1 aliphatic carbocycles. The molecule has 18 heavy (non-hydrogen) atoms. The van der Waals surface area contributed by atoms with Crippen LogP contribution in [0.25, 0.3) is 0 Å². The maximum absolute atomic E-state index is 5.56. The predicted molar refractivity (Wildman–Crippen MR) is 72.3 cm³/mol. The molecular formula is C10H14N6S2. The summed E-state index contributed by atoms with van der Waals surface area (Å²) in [5.74, 6) is 1.43. The molecule has 0 amide bonds. The normalized spacial score (nSPS) is 22.9. The van der Waals surface area contributed by atoms with Gasteiger partial charge in [0, 0.05) is 12.8 Å². The fourth-order valence-electron chi connectivity index (χ4n) is 2.40. The summed E-state index contributed by atoms with van der Waals surface area (Å²) in [6.07, 6.45) is 4.45. The lowest BCUT2D eigenvalue weighted by Gasteiger charge is -2.34. The first-order valence-corrected chi connectivity index (χ1v) is 7.48. The molecule has 4 N–H and O–H groups in total. The van der Waals surface area contributed by atoms with Gasteiger partial charge in [0.2, 0.25) is 10.3 Å². The fraction of sp³-hybridized carbons (Fsp3) is 0.600. The Morgan fingerprint density at radius 2 is 1.28 bits per heavy atom. The van der Waals surface area contributed by atoms with Crippen LogP contribution in [0, 0.1) is 11.8 Å². The average molecular weight is 282 g/mol. The lowest BCUT2D eigenvalue weighted by molar-refractivity contribution is 0.191. The minimum absolute atomic E-state index is 0.560. The number of anilines is 2. The highest BCUT2D eigenvalue weighted by atomic mass is 32.1. The van der Waals surface area contributed by atoms with Crippen molar-refractivity contribution >= 4 is 32.9 Å². The van der Waals surface area contributed by atoms with E-state index in [0.717, 1.165) is 22.9 Å². The monoisotopic (exact) mass is 282 g/mol. The number of hydrogen-bond donors (Lipinski definition) is 2. The maximum atomic E-state index is 5.56. The van der Waals surface area contributed by atoms with Gasteiger partial charge in [-0.1, -0.05) is 22.7 Å². The van der Waals surface area contributed by atoms with Gasteiger partial charge in [0.15, 0.2) is 0 Å². The third-order valence-corrected chi connectivity index (χ3v) is 4.77. The van der Waals surface area contributed by atoms with E-state index in [0.29, 0.717) is 22.1 Å². The van der Waals surface area contributed by atoms with E-state index in [9.17, 15) is 0 Å². The van der Waals surface area contributed by atoms with Gasteiger partial charge in [-0.05, 0) is 24.7 Å². The molecular weight excluding hydrogens is 268 g/mol. The first kappa shape index (κ1) is 11.8. The zero-order valence-corrected chi connectivity index (χ0v) is 11.4. The van der Waals surface area contributed by atoms with Crippen molar-refractivity contribution in [1.82, 2.24) is 20.4 Å². The maximum Gasteiger partial charge on any atom is 0.203 e. The second-order valence-corrected chi connectivity index (χ2v) is 6.87. The molecule has 2 heterocycles. The molecule has 0 spiro atoms. The van der Waals surface area contributed by atoms with E-state index in [1.54, 1.807) is 0 Å². The van der Waals surface area contributed by atoms with Crippen molar-refractivity contribution in [3.05, 3.63) is 10.0 Å². The van der Waals surface area contributed by atoms with Crippen LogP contribution in [0.2, 0.25) is 0 Å². The number of nitrogens with zero attached hydrogens (tertiary/aromatic N) is 4. The summed E-state index contributed by atoms with van der Waals surface area (Å²) < 4.78 is 0. The largest absolute Gasteiger partial charge is 0.374 e. The third kappa shape index (κ3) is 2.59. The first-order valence-electron chi connectivity index (χ1n) is 5.84. The molecule has 0 unspecified atom stereocenters. The lowest BCUT2D eigenvalue weighted by Crippen LogP contribution is -2.27. The molecule has 96 valence electrons. The van der Waals surface area contributed by atoms with Crippen LogP contribution >= 0.6 is 22.7 Å². The molecule has 1 aliphatic rings. The fourth-order valence-corrected chi connectivity index (χ4v) is 3.85. The molecule has 0 atom stereocenters. The molecule has 0 saturated heterocycles. The highest BCUT2D eigenvalue weighted by molar-refractivity contribution is 7.15. The highest BCUT2D eigenvalue weighted by Crippen LogP contribution is 2.39. The summed E-state index contributed by atoms with van der Waals surface area (Å²) in [5.41, 5.74) is 11.1. The van der Waals surface area contributed by atoms with Crippen LogP contribution in [0.3, 0.4) is 0 Å². The molecule has 0 radical (unpaired) electrons. The Morgan fingerprint density at radius 3 is 1.61 bits per heavy atom. The molecule has 3 rings (SSSR count). The van der Waals surface area contributed by atoms with E-state index < -0.39 is 0 Å². The molecule has 0 aromatic carbocycles. The summed E-state index contributed by atoms with van der Waals surface area (Å²) in [4.78, 5) is 0. The van der Waals surface area contributed by atoms with Gasteiger partial charge in [-0.2, -0.15) is 0 Å². The van der Waals surface area contributed by atoms with Crippen LogP contribution in [0.4, 0.5) is 10.3 Å². The minimum atomic E-state index is 0.560. The topological polar surface area (TPSA) is 104 Å². The van der Waals surface area contributed by atoms with Crippen molar-refractivity contribution < 1.29 is 0 Å². The molecule has 8 heteroatoms. The van der Waals surface area contributed by atoms with Crippen molar-refractivity contribution in [2.24, 2.45) is 11.8 Å². The van der Waals surface area contributed by atoms with Crippen LogP contribution in [0.5, 0.6) is 0 Å². The Bertz CT molecular complexity index is 484. The van der Waals surface area contributed by atoms with E-state index in [2.05, 4.69) is 20.4 Å². The zero-order chi connectivity index (χ0) is 12.5. The molecule has 1 fully saturated rings. The smallest absolute Gasteiger partial charge is 0.203 e. The van der Waals surface area contributed by atoms with E-state index in [4.69, 9.17) is 11.5 Å². The summed E-state index contributed by atoms with van der Waals surface area (Å²) in [6, 6.07) is 0. The molecule has 0 aliphatic heterocycles. The predicted octanol–water partition coefficient (Wildman–Crippen LogP) is 1.37. The Kier molecular flexibility index (Phi) is 3.13. The Labute approximate surface area is 112 Å². The van der Waals surface area contributed by atoms with Gasteiger partial charge in [-0.25, -0.2) is 0 Å². The van der Waals surface area contributed by atoms with Crippen molar-refractivity contribution in [3.63, 3.8) is 0 Å². The summed E-state index contributed by atoms with van der Waals surface area (Å²) in [7, 11) is 0. The Balaban J connectivity index is 1.46. The van der Waals surface area contributed by atoms with Crippen LogP contribution < -0.4 is 11.5 Å². The van der Waals surface area contributed by atoms with Crippen LogP contribution in [-0.2, 0) is 12.8 Å². The number of aromatic nitrogens is 4. The Morgan fingerprint density at radius 1 is 0.833 bits per heavy atom. The van der Waals surface area contributed by atoms with E-state index in [1.165, 1.54) is 35.5 Å². The van der Waals surface area contributed by atoms with Crippen LogP contribution in [0.1, 0.15) is 22.9 Å². The van der Waals surface area contributed by atoms with Gasteiger partial charge in [-0.15, -0.1) is 20.4 Å². The van der Waals surface area contributed by atoms with Gasteiger partial charge in [-0.3, -0.25) is 0 Å². The van der Waals surface area contributed by atoms with Crippen LogP contribution in [0.15, 0.2) is 0 Å². The molecule has 1 saturated carbocycles. The third-order valence-electron chi connectivity index (χ3n) is 3.22. The van der Waals surface area contributed by atoms with Gasteiger partial charge in [0.1, 0.15) is 10.0 Å². The summed E-state index contributed by atoms with van der Waals surface area (Å²) >= 11 is 2.99. The van der Waals surface area contributed by atoms with E-state index in [1.807, 2.05) is 0 Å². The summed E-state index contributed by atoms with van der Waals surface area (Å²) in [5, 5.41) is 19.0. The molecule has 2 aromatic rings. The minimum Gasteiger partial charge on any atom is -0.374 e. The lowest BCUT2D eigenvalue weighted by atomic mass is 9.72. The van der Waals surface area contributed by atoms with Gasteiger partial charge < -0.3 is 11.5 Å². The Hall–Kier alpha value is -1.28. The van der Waals surface area contributed by atoms with Gasteiger partial charge >= 0.3 is 0 Å². The molecule has 0 bridgehead atoms. The van der Waals surface area contributed by atoms with Crippen LogP contribution in [-0.4, -0.2) is 20.4 Å². The standard InChI is InChI=1S/C10H14N6S2/c11-9-15-13-7(17-9)3-5-1-6(2-5)4-8-14-16-10(12)18-8/h5-6H,1-4H2,(H2,11,15)(H2,12,16).